The van der Waals surface area contributed by atoms with Crippen molar-refractivity contribution in [3.05, 3.63) is 22.8 Å². The van der Waals surface area contributed by atoms with Crippen LogP contribution >= 0.6 is 11.8 Å². The van der Waals surface area contributed by atoms with E-state index in [0.717, 1.165) is 25.3 Å². The van der Waals surface area contributed by atoms with Crippen LogP contribution in [0.2, 0.25) is 0 Å². The van der Waals surface area contributed by atoms with Crippen molar-refractivity contribution in [3.63, 3.8) is 0 Å². The number of hydrogen-bond acceptors (Lipinski definition) is 4. The molecule has 3 rings (SSSR count). The van der Waals surface area contributed by atoms with Crippen LogP contribution in [0.1, 0.15) is 67.1 Å². The lowest BCUT2D eigenvalue weighted by molar-refractivity contribution is 0.588. The summed E-state index contributed by atoms with van der Waals surface area (Å²) < 4.78 is 0. The number of thioether (sulfide) groups is 1. The maximum absolute atomic E-state index is 4.94. The molecular weight excluding hydrogens is 254 g/mol. The van der Waals surface area contributed by atoms with Gasteiger partial charge in [0.1, 0.15) is 5.82 Å². The van der Waals surface area contributed by atoms with Gasteiger partial charge in [0.05, 0.1) is 16.6 Å². The van der Waals surface area contributed by atoms with Crippen molar-refractivity contribution in [2.45, 2.75) is 57.2 Å². The van der Waals surface area contributed by atoms with Crippen LogP contribution < -0.4 is 5.32 Å². The van der Waals surface area contributed by atoms with Crippen LogP contribution in [0.25, 0.3) is 0 Å². The molecule has 1 fully saturated rings. The molecule has 1 unspecified atom stereocenters. The maximum atomic E-state index is 4.94. The molecule has 1 saturated heterocycles. The third-order valence-corrected chi connectivity index (χ3v) is 5.37. The number of fused-ring (bicyclic) bond motifs is 1. The first kappa shape index (κ1) is 13.4. The maximum Gasteiger partial charge on any atom is 0.141 e. The second-order valence-electron chi connectivity index (χ2n) is 5.83. The SMILES string of the molecule is CC(C)c1nc(C2CCCCS2)nc2c1CNCC2. The smallest absolute Gasteiger partial charge is 0.141 e. The molecule has 0 saturated carbocycles. The number of hydrogen-bond donors (Lipinski definition) is 1. The van der Waals surface area contributed by atoms with E-state index in [1.54, 1.807) is 0 Å². The van der Waals surface area contributed by atoms with Crippen LogP contribution in [0.5, 0.6) is 0 Å². The number of rotatable bonds is 2. The molecule has 0 bridgehead atoms. The van der Waals surface area contributed by atoms with E-state index in [1.165, 1.54) is 42.0 Å². The monoisotopic (exact) mass is 277 g/mol. The quantitative estimate of drug-likeness (QED) is 0.901. The van der Waals surface area contributed by atoms with E-state index in [9.17, 15) is 0 Å². The van der Waals surface area contributed by atoms with Crippen molar-refractivity contribution in [2.24, 2.45) is 0 Å². The minimum atomic E-state index is 0.490. The normalized spacial score (nSPS) is 23.4. The molecule has 1 N–H and O–H groups in total. The van der Waals surface area contributed by atoms with Crippen molar-refractivity contribution < 1.29 is 0 Å². The molecule has 3 heterocycles. The summed E-state index contributed by atoms with van der Waals surface area (Å²) in [5, 5.41) is 3.98. The highest BCUT2D eigenvalue weighted by molar-refractivity contribution is 7.99. The number of aromatic nitrogens is 2. The van der Waals surface area contributed by atoms with Gasteiger partial charge in [-0.2, -0.15) is 11.8 Å². The fraction of sp³-hybridized carbons (Fsp3) is 0.733. The molecular formula is C15H23N3S. The molecule has 0 spiro atoms. The minimum absolute atomic E-state index is 0.490. The fourth-order valence-corrected chi connectivity index (χ4v) is 4.20. The van der Waals surface area contributed by atoms with Gasteiger partial charge in [0.15, 0.2) is 0 Å². The summed E-state index contributed by atoms with van der Waals surface area (Å²) in [7, 11) is 0. The van der Waals surface area contributed by atoms with Crippen molar-refractivity contribution in [1.29, 1.82) is 0 Å². The molecule has 3 nitrogen and oxygen atoms in total. The highest BCUT2D eigenvalue weighted by Crippen LogP contribution is 2.37. The molecule has 0 aromatic carbocycles. The van der Waals surface area contributed by atoms with Gasteiger partial charge in [0, 0.05) is 25.1 Å². The van der Waals surface area contributed by atoms with Crippen LogP contribution in [0.15, 0.2) is 0 Å². The molecule has 2 aliphatic heterocycles. The molecule has 1 atom stereocenters. The summed E-state index contributed by atoms with van der Waals surface area (Å²) >= 11 is 2.05. The van der Waals surface area contributed by atoms with Gasteiger partial charge < -0.3 is 5.32 Å². The Morgan fingerprint density at radius 2 is 2.16 bits per heavy atom. The summed E-state index contributed by atoms with van der Waals surface area (Å²) in [6.07, 6.45) is 4.99. The summed E-state index contributed by atoms with van der Waals surface area (Å²) in [6.45, 7) is 6.49. The van der Waals surface area contributed by atoms with E-state index >= 15 is 0 Å². The predicted octanol–water partition coefficient (Wildman–Crippen LogP) is 3.20. The molecule has 1 aromatic heterocycles. The first-order valence-electron chi connectivity index (χ1n) is 7.47. The van der Waals surface area contributed by atoms with Crippen molar-refractivity contribution in [1.82, 2.24) is 15.3 Å². The average Bonchev–Trinajstić information content (AvgIpc) is 2.47. The Labute approximate surface area is 120 Å². The Kier molecular flexibility index (Phi) is 4.08. The molecule has 19 heavy (non-hydrogen) atoms. The van der Waals surface area contributed by atoms with E-state index in [-0.39, 0.29) is 0 Å². The highest BCUT2D eigenvalue weighted by atomic mass is 32.2. The zero-order valence-corrected chi connectivity index (χ0v) is 12.7. The lowest BCUT2D eigenvalue weighted by Crippen LogP contribution is -2.28. The van der Waals surface area contributed by atoms with Gasteiger partial charge in [-0.1, -0.05) is 20.3 Å². The van der Waals surface area contributed by atoms with Crippen molar-refractivity contribution >= 4 is 11.8 Å². The Hall–Kier alpha value is -0.610. The third-order valence-electron chi connectivity index (χ3n) is 4.00. The van der Waals surface area contributed by atoms with Crippen LogP contribution in [0, 0.1) is 0 Å². The van der Waals surface area contributed by atoms with Gasteiger partial charge in [0.2, 0.25) is 0 Å². The molecule has 0 aliphatic carbocycles. The lowest BCUT2D eigenvalue weighted by atomic mass is 9.98. The predicted molar refractivity (Wildman–Crippen MR) is 80.6 cm³/mol. The standard InChI is InChI=1S/C15H23N3S/c1-10(2)14-11-9-16-7-6-12(11)17-15(18-14)13-5-3-4-8-19-13/h10,13,16H,3-9H2,1-2H3. The van der Waals surface area contributed by atoms with Gasteiger partial charge in [-0.25, -0.2) is 9.97 Å². The lowest BCUT2D eigenvalue weighted by Gasteiger charge is -2.25. The first-order chi connectivity index (χ1) is 9.25. The molecule has 2 aliphatic rings. The third kappa shape index (κ3) is 2.79. The van der Waals surface area contributed by atoms with Crippen LogP contribution in [0.4, 0.5) is 0 Å². The van der Waals surface area contributed by atoms with Gasteiger partial charge >= 0.3 is 0 Å². The Balaban J connectivity index is 1.98. The first-order valence-corrected chi connectivity index (χ1v) is 8.52. The van der Waals surface area contributed by atoms with E-state index < -0.39 is 0 Å². The Bertz CT molecular complexity index is 453. The van der Waals surface area contributed by atoms with Crippen LogP contribution in [0.3, 0.4) is 0 Å². The van der Waals surface area contributed by atoms with Gasteiger partial charge in [0.25, 0.3) is 0 Å². The summed E-state index contributed by atoms with van der Waals surface area (Å²) in [5.41, 5.74) is 3.95. The summed E-state index contributed by atoms with van der Waals surface area (Å²) in [4.78, 5) is 9.85. The fourth-order valence-electron chi connectivity index (χ4n) is 2.95. The molecule has 0 radical (unpaired) electrons. The van der Waals surface area contributed by atoms with Crippen molar-refractivity contribution in [2.75, 3.05) is 12.3 Å². The number of nitrogens with zero attached hydrogens (tertiary/aromatic N) is 2. The largest absolute Gasteiger partial charge is 0.312 e. The van der Waals surface area contributed by atoms with E-state index in [0.29, 0.717) is 11.2 Å². The van der Waals surface area contributed by atoms with E-state index in [4.69, 9.17) is 9.97 Å². The van der Waals surface area contributed by atoms with Gasteiger partial charge in [-0.15, -0.1) is 0 Å². The molecule has 4 heteroatoms. The zero-order valence-electron chi connectivity index (χ0n) is 11.9. The Morgan fingerprint density at radius 3 is 2.89 bits per heavy atom. The second kappa shape index (κ2) is 5.80. The van der Waals surface area contributed by atoms with Gasteiger partial charge in [-0.05, 0) is 24.5 Å². The second-order valence-corrected chi connectivity index (χ2v) is 7.14. The highest BCUT2D eigenvalue weighted by Gasteiger charge is 2.24. The topological polar surface area (TPSA) is 37.8 Å². The molecule has 1 aromatic rings. The average molecular weight is 277 g/mol. The summed E-state index contributed by atoms with van der Waals surface area (Å²) in [5.74, 6) is 2.86. The van der Waals surface area contributed by atoms with Gasteiger partial charge in [-0.3, -0.25) is 0 Å². The van der Waals surface area contributed by atoms with E-state index in [2.05, 4.69) is 19.2 Å². The summed E-state index contributed by atoms with van der Waals surface area (Å²) in [6, 6.07) is 0. The van der Waals surface area contributed by atoms with Crippen LogP contribution in [-0.4, -0.2) is 22.3 Å². The minimum Gasteiger partial charge on any atom is -0.312 e. The molecule has 104 valence electrons. The molecule has 0 amide bonds. The van der Waals surface area contributed by atoms with E-state index in [1.807, 2.05) is 11.8 Å². The Morgan fingerprint density at radius 1 is 1.26 bits per heavy atom. The van der Waals surface area contributed by atoms with Crippen LogP contribution in [-0.2, 0) is 13.0 Å². The van der Waals surface area contributed by atoms with Crippen molar-refractivity contribution in [3.8, 4) is 0 Å². The number of nitrogens with one attached hydrogen (secondary N) is 1. The zero-order chi connectivity index (χ0) is 13.2.